The molecule has 1 saturated heterocycles. The zero-order valence-corrected chi connectivity index (χ0v) is 26.2. The summed E-state index contributed by atoms with van der Waals surface area (Å²) in [6.07, 6.45) is -8.27. The zero-order chi connectivity index (χ0) is 35.0. The van der Waals surface area contributed by atoms with Crippen molar-refractivity contribution < 1.29 is 76.5 Å². The number of hydrogen-bond acceptors (Lipinski definition) is 16. The number of rotatable bonds is 18. The van der Waals surface area contributed by atoms with Crippen LogP contribution in [-0.2, 0) is 61.8 Å². The van der Waals surface area contributed by atoms with E-state index in [1.54, 1.807) is 0 Å². The second kappa shape index (κ2) is 19.6. The molecule has 0 saturated carbocycles. The van der Waals surface area contributed by atoms with Crippen LogP contribution in [0.25, 0.3) is 0 Å². The Morgan fingerprint density at radius 1 is 0.652 bits per heavy atom. The van der Waals surface area contributed by atoms with E-state index in [1.807, 2.05) is 0 Å². The van der Waals surface area contributed by atoms with Crippen molar-refractivity contribution in [3.05, 3.63) is 48.6 Å². The molecular weight excluding hydrogens is 616 g/mol. The molecule has 0 radical (unpaired) electrons. The summed E-state index contributed by atoms with van der Waals surface area (Å²) in [6, 6.07) is 0. The van der Waals surface area contributed by atoms with Gasteiger partial charge < -0.3 is 47.7 Å². The molecule has 16 nitrogen and oxygen atoms in total. The number of esters is 4. The first-order valence-corrected chi connectivity index (χ1v) is 13.8. The SMILES string of the molecule is C=C(C)C(=O)OCC(COC(=O)C(=C)C)OC(=O)OC1COC(C(CO)OC(=O)OC(COC(=O)C(=C)C)COC(=O)C(=C)C)C1. The van der Waals surface area contributed by atoms with Crippen molar-refractivity contribution in [3.8, 4) is 0 Å². The second-order valence-electron chi connectivity index (χ2n) is 10.2. The van der Waals surface area contributed by atoms with Crippen LogP contribution in [0.4, 0.5) is 9.59 Å². The molecule has 1 aliphatic rings. The van der Waals surface area contributed by atoms with Crippen molar-refractivity contribution in [1.82, 2.24) is 0 Å². The van der Waals surface area contributed by atoms with Gasteiger partial charge in [-0.3, -0.25) is 0 Å². The number of aliphatic hydroxyl groups is 1. The van der Waals surface area contributed by atoms with Gasteiger partial charge in [0.1, 0.15) is 38.6 Å². The van der Waals surface area contributed by atoms with Crippen LogP contribution < -0.4 is 0 Å². The van der Waals surface area contributed by atoms with Crippen LogP contribution in [0.15, 0.2) is 48.6 Å². The van der Waals surface area contributed by atoms with Crippen molar-refractivity contribution in [2.45, 2.75) is 64.6 Å². The van der Waals surface area contributed by atoms with Gasteiger partial charge in [0.05, 0.1) is 13.2 Å². The van der Waals surface area contributed by atoms with E-state index in [2.05, 4.69) is 26.3 Å². The first-order chi connectivity index (χ1) is 21.5. The normalized spacial score (nSPS) is 16.0. The average molecular weight is 657 g/mol. The molecule has 3 atom stereocenters. The molecule has 1 N–H and O–H groups in total. The molecule has 46 heavy (non-hydrogen) atoms. The lowest BCUT2D eigenvalue weighted by atomic mass is 10.1. The van der Waals surface area contributed by atoms with Gasteiger partial charge in [-0.05, 0) is 27.7 Å². The predicted octanol–water partition coefficient (Wildman–Crippen LogP) is 2.03. The highest BCUT2D eigenvalue weighted by molar-refractivity contribution is 5.88. The van der Waals surface area contributed by atoms with Gasteiger partial charge in [0.15, 0.2) is 18.3 Å². The molecule has 0 aromatic carbocycles. The fraction of sp³-hybridized carbons (Fsp3) is 0.533. The summed E-state index contributed by atoms with van der Waals surface area (Å²) >= 11 is 0. The Morgan fingerprint density at radius 2 is 1.02 bits per heavy atom. The van der Waals surface area contributed by atoms with Crippen molar-refractivity contribution in [3.63, 3.8) is 0 Å². The summed E-state index contributed by atoms with van der Waals surface area (Å²) in [5, 5.41) is 9.82. The lowest BCUT2D eigenvalue weighted by molar-refractivity contribution is -0.150. The third-order valence-electron chi connectivity index (χ3n) is 5.62. The van der Waals surface area contributed by atoms with Crippen molar-refractivity contribution >= 4 is 36.2 Å². The predicted molar refractivity (Wildman–Crippen MR) is 155 cm³/mol. The molecule has 0 aliphatic carbocycles. The number of ether oxygens (including phenoxy) is 9. The molecule has 1 heterocycles. The molecule has 1 fully saturated rings. The Balaban J connectivity index is 2.75. The van der Waals surface area contributed by atoms with Crippen molar-refractivity contribution in [2.24, 2.45) is 0 Å². The van der Waals surface area contributed by atoms with Crippen LogP contribution in [0.3, 0.4) is 0 Å². The summed E-state index contributed by atoms with van der Waals surface area (Å²) in [4.78, 5) is 72.0. The molecule has 0 spiro atoms. The molecule has 1 rings (SSSR count). The van der Waals surface area contributed by atoms with Gasteiger partial charge in [-0.2, -0.15) is 0 Å². The Labute approximate surface area is 265 Å². The largest absolute Gasteiger partial charge is 0.509 e. The van der Waals surface area contributed by atoms with Crippen molar-refractivity contribution in [2.75, 3.05) is 39.6 Å². The number of aliphatic hydroxyl groups excluding tert-OH is 1. The maximum absolute atomic E-state index is 12.5. The Hall–Kier alpha value is -4.70. The first-order valence-electron chi connectivity index (χ1n) is 13.8. The summed E-state index contributed by atoms with van der Waals surface area (Å²) in [6.45, 7) is 16.5. The number of carbonyl (C=O) groups is 6. The summed E-state index contributed by atoms with van der Waals surface area (Å²) < 4.78 is 46.0. The van der Waals surface area contributed by atoms with Gasteiger partial charge in [-0.25, -0.2) is 28.8 Å². The van der Waals surface area contributed by atoms with E-state index in [-0.39, 0.29) is 35.3 Å². The fourth-order valence-corrected chi connectivity index (χ4v) is 3.19. The van der Waals surface area contributed by atoms with Crippen LogP contribution in [-0.4, -0.2) is 111 Å². The number of hydrogen-bond donors (Lipinski definition) is 1. The third kappa shape index (κ3) is 14.9. The standard InChI is InChI=1S/C30H40O16/c1-16(2)25(32)39-12-21(13-40-26(33)17(3)4)44-29(36)43-20-9-23(38-11-20)24(10-31)46-30(37)45-22(14-41-27(34)18(5)6)15-42-28(35)19(7)8/h20-24,31H,1,3,5,7,9-15H2,2,4,6,8H3. The van der Waals surface area contributed by atoms with Crippen LogP contribution in [0.5, 0.6) is 0 Å². The van der Waals surface area contributed by atoms with Crippen LogP contribution in [0.1, 0.15) is 34.1 Å². The van der Waals surface area contributed by atoms with Crippen LogP contribution in [0.2, 0.25) is 0 Å². The van der Waals surface area contributed by atoms with E-state index in [4.69, 9.17) is 42.6 Å². The maximum atomic E-state index is 12.5. The van der Waals surface area contributed by atoms with Gasteiger partial charge in [-0.1, -0.05) is 26.3 Å². The van der Waals surface area contributed by atoms with E-state index in [0.717, 1.165) is 0 Å². The van der Waals surface area contributed by atoms with Crippen molar-refractivity contribution in [1.29, 1.82) is 0 Å². The minimum atomic E-state index is -1.31. The molecule has 256 valence electrons. The van der Waals surface area contributed by atoms with Gasteiger partial charge >= 0.3 is 36.2 Å². The third-order valence-corrected chi connectivity index (χ3v) is 5.62. The molecule has 1 aliphatic heterocycles. The van der Waals surface area contributed by atoms with E-state index >= 15 is 0 Å². The minimum Gasteiger partial charge on any atom is -0.458 e. The highest BCUT2D eigenvalue weighted by Crippen LogP contribution is 2.22. The van der Waals surface area contributed by atoms with Gasteiger partial charge in [0.2, 0.25) is 0 Å². The summed E-state index contributed by atoms with van der Waals surface area (Å²) in [5.41, 5.74) is 0.332. The second-order valence-corrected chi connectivity index (χ2v) is 10.2. The zero-order valence-electron chi connectivity index (χ0n) is 26.2. The number of carbonyl (C=O) groups excluding carboxylic acids is 6. The fourth-order valence-electron chi connectivity index (χ4n) is 3.19. The highest BCUT2D eigenvalue weighted by Gasteiger charge is 2.37. The van der Waals surface area contributed by atoms with E-state index in [0.29, 0.717) is 0 Å². The smallest absolute Gasteiger partial charge is 0.458 e. The lowest BCUT2D eigenvalue weighted by Crippen LogP contribution is -2.37. The quantitative estimate of drug-likeness (QED) is 0.127. The molecule has 3 unspecified atom stereocenters. The van der Waals surface area contributed by atoms with Crippen LogP contribution in [0, 0.1) is 0 Å². The topological polar surface area (TPSA) is 206 Å². The molecule has 0 aromatic rings. The Kier molecular flexibility index (Phi) is 16.8. The van der Waals surface area contributed by atoms with E-state index in [9.17, 15) is 33.9 Å². The Morgan fingerprint density at radius 3 is 1.37 bits per heavy atom. The van der Waals surface area contributed by atoms with Gasteiger partial charge in [0.25, 0.3) is 0 Å². The minimum absolute atomic E-state index is 0.0521. The molecular formula is C30H40O16. The van der Waals surface area contributed by atoms with E-state index in [1.165, 1.54) is 27.7 Å². The van der Waals surface area contributed by atoms with Gasteiger partial charge in [-0.15, -0.1) is 0 Å². The van der Waals surface area contributed by atoms with Gasteiger partial charge in [0, 0.05) is 28.7 Å². The Bertz CT molecular complexity index is 1130. The molecule has 0 aromatic heterocycles. The lowest BCUT2D eigenvalue weighted by Gasteiger charge is -2.23. The first kappa shape index (κ1) is 39.3. The average Bonchev–Trinajstić information content (AvgIpc) is 3.45. The molecule has 0 amide bonds. The summed E-state index contributed by atoms with van der Waals surface area (Å²) in [7, 11) is 0. The highest BCUT2D eigenvalue weighted by atomic mass is 16.8. The monoisotopic (exact) mass is 656 g/mol. The van der Waals surface area contributed by atoms with E-state index < -0.39 is 99.7 Å². The van der Waals surface area contributed by atoms with Crippen LogP contribution >= 0.6 is 0 Å². The summed E-state index contributed by atoms with van der Waals surface area (Å²) in [5.74, 6) is -3.09. The molecule has 0 bridgehead atoms. The molecule has 16 heteroatoms. The maximum Gasteiger partial charge on any atom is 0.509 e.